The Labute approximate surface area is 144 Å². The summed E-state index contributed by atoms with van der Waals surface area (Å²) in [6, 6.07) is 15.3. The van der Waals surface area contributed by atoms with E-state index in [-0.39, 0.29) is 0 Å². The van der Waals surface area contributed by atoms with Gasteiger partial charge in [0.15, 0.2) is 0 Å². The molecule has 2 aromatic rings. The van der Waals surface area contributed by atoms with Crippen molar-refractivity contribution in [2.45, 2.75) is 68.1 Å². The second-order valence-electron chi connectivity index (χ2n) is 6.38. The first-order valence-corrected chi connectivity index (χ1v) is 9.86. The summed E-state index contributed by atoms with van der Waals surface area (Å²) < 4.78 is 0. The third kappa shape index (κ3) is 4.32. The van der Waals surface area contributed by atoms with Crippen LogP contribution >= 0.6 is 11.8 Å². The molecule has 0 atom stereocenters. The van der Waals surface area contributed by atoms with Crippen LogP contribution in [0.1, 0.15) is 57.4 Å². The first-order chi connectivity index (χ1) is 11.4. The van der Waals surface area contributed by atoms with Gasteiger partial charge in [-0.05, 0) is 36.6 Å². The van der Waals surface area contributed by atoms with E-state index < -0.39 is 0 Å². The lowest BCUT2D eigenvalue weighted by Gasteiger charge is -2.23. The van der Waals surface area contributed by atoms with E-state index in [0.29, 0.717) is 0 Å². The van der Waals surface area contributed by atoms with Gasteiger partial charge in [-0.1, -0.05) is 81.5 Å². The van der Waals surface area contributed by atoms with Crippen molar-refractivity contribution in [2.24, 2.45) is 0 Å². The van der Waals surface area contributed by atoms with Crippen molar-refractivity contribution in [1.29, 1.82) is 0 Å². The number of para-hydroxylation sites is 2. The Kier molecular flexibility index (Phi) is 6.04. The van der Waals surface area contributed by atoms with Crippen molar-refractivity contribution in [1.82, 2.24) is 0 Å². The van der Waals surface area contributed by atoms with Crippen LogP contribution in [0.2, 0.25) is 0 Å². The van der Waals surface area contributed by atoms with Crippen LogP contribution < -0.4 is 5.32 Å². The molecule has 0 aromatic heterocycles. The molecule has 2 aromatic carbocycles. The number of hydrogen-bond acceptors (Lipinski definition) is 2. The molecule has 0 amide bonds. The topological polar surface area (TPSA) is 12.0 Å². The summed E-state index contributed by atoms with van der Waals surface area (Å²) in [5, 5.41) is 3.66. The first-order valence-electron chi connectivity index (χ1n) is 9.04. The quantitative estimate of drug-likeness (QED) is 0.440. The fourth-order valence-electron chi connectivity index (χ4n) is 3.20. The Morgan fingerprint density at radius 3 is 2.39 bits per heavy atom. The van der Waals surface area contributed by atoms with Crippen molar-refractivity contribution in [2.75, 3.05) is 5.32 Å². The summed E-state index contributed by atoms with van der Waals surface area (Å²) in [5.74, 6) is 0. The van der Waals surface area contributed by atoms with Crippen molar-refractivity contribution in [3.8, 4) is 0 Å². The molecule has 3 rings (SSSR count). The zero-order valence-corrected chi connectivity index (χ0v) is 14.9. The van der Waals surface area contributed by atoms with E-state index in [9.17, 15) is 0 Å². The van der Waals surface area contributed by atoms with Crippen LogP contribution in [0.3, 0.4) is 0 Å². The second kappa shape index (κ2) is 8.44. The number of unbranched alkanes of at least 4 members (excludes halogenated alkanes) is 6. The predicted molar refractivity (Wildman–Crippen MR) is 102 cm³/mol. The zero-order chi connectivity index (χ0) is 15.9. The highest BCUT2D eigenvalue weighted by Crippen LogP contribution is 2.45. The molecule has 0 saturated carbocycles. The molecule has 0 radical (unpaired) electrons. The number of anilines is 2. The summed E-state index contributed by atoms with van der Waals surface area (Å²) >= 11 is 1.89. The van der Waals surface area contributed by atoms with Gasteiger partial charge >= 0.3 is 0 Å². The number of rotatable bonds is 8. The number of fused-ring (bicyclic) bond motifs is 2. The SMILES string of the molecule is CCCCCCCCCc1cccc2c1Nc1ccccc1S2. The molecule has 2 heteroatoms. The van der Waals surface area contributed by atoms with Gasteiger partial charge in [0.1, 0.15) is 0 Å². The molecule has 1 N–H and O–H groups in total. The Hall–Kier alpha value is -1.41. The molecule has 122 valence electrons. The zero-order valence-electron chi connectivity index (χ0n) is 14.1. The monoisotopic (exact) mass is 325 g/mol. The average Bonchev–Trinajstić information content (AvgIpc) is 2.59. The predicted octanol–water partition coefficient (Wildman–Crippen LogP) is 7.19. The number of hydrogen-bond donors (Lipinski definition) is 1. The highest BCUT2D eigenvalue weighted by atomic mass is 32.2. The van der Waals surface area contributed by atoms with Crippen LogP contribution in [0.4, 0.5) is 11.4 Å². The third-order valence-corrected chi connectivity index (χ3v) is 5.66. The molecule has 23 heavy (non-hydrogen) atoms. The van der Waals surface area contributed by atoms with Crippen molar-refractivity contribution in [3.63, 3.8) is 0 Å². The van der Waals surface area contributed by atoms with E-state index in [4.69, 9.17) is 0 Å². The second-order valence-corrected chi connectivity index (χ2v) is 7.47. The third-order valence-electron chi connectivity index (χ3n) is 4.53. The lowest BCUT2D eigenvalue weighted by atomic mass is 10.0. The van der Waals surface area contributed by atoms with E-state index in [1.54, 1.807) is 0 Å². The molecule has 1 aliphatic rings. The van der Waals surface area contributed by atoms with Crippen molar-refractivity contribution in [3.05, 3.63) is 48.0 Å². The van der Waals surface area contributed by atoms with E-state index in [0.717, 1.165) is 0 Å². The highest BCUT2D eigenvalue weighted by Gasteiger charge is 2.17. The van der Waals surface area contributed by atoms with Crippen molar-refractivity contribution < 1.29 is 0 Å². The molecule has 1 heterocycles. The van der Waals surface area contributed by atoms with Crippen LogP contribution in [0.25, 0.3) is 0 Å². The summed E-state index contributed by atoms with van der Waals surface area (Å²) in [6.45, 7) is 2.28. The van der Waals surface area contributed by atoms with E-state index in [1.807, 2.05) is 11.8 Å². The molecule has 0 aliphatic carbocycles. The van der Waals surface area contributed by atoms with Gasteiger partial charge in [0, 0.05) is 9.79 Å². The van der Waals surface area contributed by atoms with Crippen molar-refractivity contribution >= 4 is 23.1 Å². The standard InChI is InChI=1S/C21H27NS/c1-2-3-4-5-6-7-8-12-17-13-11-16-20-21(17)22-18-14-9-10-15-19(18)23-20/h9-11,13-16,22H,2-8,12H2,1H3. The minimum Gasteiger partial charge on any atom is -0.353 e. The van der Waals surface area contributed by atoms with Gasteiger partial charge in [-0.15, -0.1) is 0 Å². The van der Waals surface area contributed by atoms with Gasteiger partial charge in [-0.25, -0.2) is 0 Å². The van der Waals surface area contributed by atoms with Crippen LogP contribution in [0.5, 0.6) is 0 Å². The van der Waals surface area contributed by atoms with E-state index >= 15 is 0 Å². The molecule has 0 unspecified atom stereocenters. The van der Waals surface area contributed by atoms with Gasteiger partial charge in [-0.3, -0.25) is 0 Å². The Bertz CT molecular complexity index is 635. The van der Waals surface area contributed by atoms with Crippen LogP contribution in [-0.4, -0.2) is 0 Å². The molecular weight excluding hydrogens is 298 g/mol. The molecule has 0 fully saturated rings. The van der Waals surface area contributed by atoms with E-state index in [1.165, 1.54) is 78.1 Å². The van der Waals surface area contributed by atoms with Gasteiger partial charge in [-0.2, -0.15) is 0 Å². The Morgan fingerprint density at radius 2 is 1.52 bits per heavy atom. The van der Waals surface area contributed by atoms with Crippen LogP contribution in [-0.2, 0) is 6.42 Å². The summed E-state index contributed by atoms with van der Waals surface area (Å²) in [4.78, 5) is 2.69. The normalized spacial score (nSPS) is 12.4. The molecule has 0 saturated heterocycles. The summed E-state index contributed by atoms with van der Waals surface area (Å²) in [6.07, 6.45) is 10.8. The molecule has 1 aliphatic heterocycles. The smallest absolute Gasteiger partial charge is 0.0558 e. The van der Waals surface area contributed by atoms with Crippen LogP contribution in [0.15, 0.2) is 52.3 Å². The largest absolute Gasteiger partial charge is 0.353 e. The Morgan fingerprint density at radius 1 is 0.783 bits per heavy atom. The maximum atomic E-state index is 3.66. The number of aryl methyl sites for hydroxylation is 1. The van der Waals surface area contributed by atoms with Gasteiger partial charge in [0.2, 0.25) is 0 Å². The molecular formula is C21H27NS. The maximum Gasteiger partial charge on any atom is 0.0558 e. The lowest BCUT2D eigenvalue weighted by molar-refractivity contribution is 0.589. The van der Waals surface area contributed by atoms with E-state index in [2.05, 4.69) is 54.7 Å². The van der Waals surface area contributed by atoms with Gasteiger partial charge in [0.05, 0.1) is 11.4 Å². The lowest BCUT2D eigenvalue weighted by Crippen LogP contribution is -2.03. The first kappa shape index (κ1) is 16.4. The Balaban J connectivity index is 1.56. The van der Waals surface area contributed by atoms with Gasteiger partial charge < -0.3 is 5.32 Å². The summed E-state index contributed by atoms with van der Waals surface area (Å²) in [5.41, 5.74) is 4.05. The average molecular weight is 326 g/mol. The molecule has 1 nitrogen and oxygen atoms in total. The van der Waals surface area contributed by atoms with Crippen LogP contribution in [0, 0.1) is 0 Å². The highest BCUT2D eigenvalue weighted by molar-refractivity contribution is 7.99. The number of benzene rings is 2. The van der Waals surface area contributed by atoms with Gasteiger partial charge in [0.25, 0.3) is 0 Å². The summed E-state index contributed by atoms with van der Waals surface area (Å²) in [7, 11) is 0. The fraction of sp³-hybridized carbons (Fsp3) is 0.429. The minimum atomic E-state index is 1.19. The maximum absolute atomic E-state index is 3.66. The molecule has 0 spiro atoms. The molecule has 0 bridgehead atoms. The number of nitrogens with one attached hydrogen (secondary N) is 1. The minimum absolute atomic E-state index is 1.19. The fourth-order valence-corrected chi connectivity index (χ4v) is 4.24.